The van der Waals surface area contributed by atoms with Gasteiger partial charge in [0, 0.05) is 12.6 Å². The van der Waals surface area contributed by atoms with E-state index in [1.165, 1.54) is 0 Å². The van der Waals surface area contributed by atoms with E-state index < -0.39 is 6.17 Å². The zero-order chi connectivity index (χ0) is 9.14. The summed E-state index contributed by atoms with van der Waals surface area (Å²) in [6.45, 7) is 5.23. The summed E-state index contributed by atoms with van der Waals surface area (Å²) in [5.41, 5.74) is 0. The van der Waals surface area contributed by atoms with Crippen molar-refractivity contribution in [3.8, 4) is 0 Å². The van der Waals surface area contributed by atoms with Gasteiger partial charge >= 0.3 is 0 Å². The van der Waals surface area contributed by atoms with Crippen molar-refractivity contribution in [1.29, 1.82) is 0 Å². The van der Waals surface area contributed by atoms with Crippen molar-refractivity contribution >= 4 is 0 Å². The molecule has 1 unspecified atom stereocenters. The normalized spacial score (nSPS) is 31.8. The molecule has 1 aliphatic heterocycles. The molecule has 0 bridgehead atoms. The average molecular weight is 175 g/mol. The van der Waals surface area contributed by atoms with Gasteiger partial charge in [-0.15, -0.1) is 0 Å². The van der Waals surface area contributed by atoms with E-state index in [2.05, 4.69) is 0 Å². The number of halogens is 1. The summed E-state index contributed by atoms with van der Waals surface area (Å²) < 4.78 is 18.3. The van der Waals surface area contributed by atoms with Gasteiger partial charge in [0.2, 0.25) is 0 Å². The first-order valence-electron chi connectivity index (χ1n) is 4.55. The lowest BCUT2D eigenvalue weighted by Gasteiger charge is -2.19. The van der Waals surface area contributed by atoms with Crippen LogP contribution < -0.4 is 0 Å². The lowest BCUT2D eigenvalue weighted by molar-refractivity contribution is 0.0431. The molecule has 1 fully saturated rings. The van der Waals surface area contributed by atoms with Crippen LogP contribution in [0.2, 0.25) is 0 Å². The maximum Gasteiger partial charge on any atom is 0.114 e. The van der Waals surface area contributed by atoms with Crippen LogP contribution >= 0.6 is 0 Å². The fourth-order valence-electron chi connectivity index (χ4n) is 1.51. The number of likely N-dealkylation sites (N-methyl/N-ethyl adjacent to an activating group) is 1. The van der Waals surface area contributed by atoms with Crippen molar-refractivity contribution in [2.45, 2.75) is 38.6 Å². The van der Waals surface area contributed by atoms with Crippen molar-refractivity contribution in [2.24, 2.45) is 0 Å². The Balaban J connectivity index is 2.23. The number of rotatable bonds is 3. The molecule has 0 amide bonds. The fourth-order valence-corrected chi connectivity index (χ4v) is 1.51. The van der Waals surface area contributed by atoms with Gasteiger partial charge in [-0.25, -0.2) is 4.39 Å². The number of nitrogens with zero attached hydrogens (tertiary/aromatic N) is 1. The molecule has 0 saturated carbocycles. The monoisotopic (exact) mass is 175 g/mol. The topological polar surface area (TPSA) is 12.5 Å². The second kappa shape index (κ2) is 4.19. The number of hydrogen-bond donors (Lipinski definition) is 0. The molecule has 1 heterocycles. The van der Waals surface area contributed by atoms with Gasteiger partial charge in [-0.05, 0) is 27.3 Å². The summed E-state index contributed by atoms with van der Waals surface area (Å²) in [6.07, 6.45) is 0.219. The van der Waals surface area contributed by atoms with E-state index in [1.807, 2.05) is 25.8 Å². The van der Waals surface area contributed by atoms with Gasteiger partial charge in [-0.3, -0.25) is 4.90 Å². The summed E-state index contributed by atoms with van der Waals surface area (Å²) in [5, 5.41) is 0. The van der Waals surface area contributed by atoms with Gasteiger partial charge in [0.25, 0.3) is 0 Å². The SMILES string of the molecule is CC(C)OCC1C[C@H](F)CN1C. The number of likely N-dealkylation sites (tertiary alicyclic amines) is 1. The molecule has 0 radical (unpaired) electrons. The summed E-state index contributed by atoms with van der Waals surface area (Å²) in [5.74, 6) is 0. The number of ether oxygens (including phenoxy) is 1. The molecule has 1 aliphatic rings. The lowest BCUT2D eigenvalue weighted by atomic mass is 10.2. The molecule has 1 saturated heterocycles. The van der Waals surface area contributed by atoms with Gasteiger partial charge in [0.15, 0.2) is 0 Å². The first kappa shape index (κ1) is 9.93. The van der Waals surface area contributed by atoms with Crippen LogP contribution in [0.25, 0.3) is 0 Å². The van der Waals surface area contributed by atoms with E-state index in [4.69, 9.17) is 4.74 Å². The highest BCUT2D eigenvalue weighted by molar-refractivity contribution is 4.82. The maximum atomic E-state index is 12.9. The predicted octanol–water partition coefficient (Wildman–Crippen LogP) is 1.45. The van der Waals surface area contributed by atoms with Crippen LogP contribution in [-0.2, 0) is 4.74 Å². The van der Waals surface area contributed by atoms with E-state index in [0.717, 1.165) is 0 Å². The Morgan fingerprint density at radius 3 is 2.67 bits per heavy atom. The van der Waals surface area contributed by atoms with Crippen LogP contribution in [0, 0.1) is 0 Å². The molecular formula is C9H18FNO. The Kier molecular flexibility index (Phi) is 3.47. The minimum Gasteiger partial charge on any atom is -0.377 e. The van der Waals surface area contributed by atoms with Crippen molar-refractivity contribution in [3.05, 3.63) is 0 Å². The minimum atomic E-state index is -0.657. The quantitative estimate of drug-likeness (QED) is 0.643. The first-order chi connectivity index (χ1) is 5.59. The van der Waals surface area contributed by atoms with E-state index in [0.29, 0.717) is 19.6 Å². The van der Waals surface area contributed by atoms with Crippen molar-refractivity contribution in [3.63, 3.8) is 0 Å². The molecule has 12 heavy (non-hydrogen) atoms. The van der Waals surface area contributed by atoms with Crippen LogP contribution in [0.4, 0.5) is 4.39 Å². The maximum absolute atomic E-state index is 12.9. The van der Waals surface area contributed by atoms with Gasteiger partial charge < -0.3 is 4.74 Å². The van der Waals surface area contributed by atoms with E-state index >= 15 is 0 Å². The first-order valence-corrected chi connectivity index (χ1v) is 4.55. The molecule has 72 valence electrons. The highest BCUT2D eigenvalue weighted by Gasteiger charge is 2.29. The standard InChI is InChI=1S/C9H18FNO/c1-7(2)12-6-9-4-8(10)5-11(9)3/h7-9H,4-6H2,1-3H3/t8-,9?/m0/s1. The Hall–Kier alpha value is -0.150. The van der Waals surface area contributed by atoms with Crippen LogP contribution in [-0.4, -0.2) is 43.4 Å². The number of hydrogen-bond acceptors (Lipinski definition) is 2. The van der Waals surface area contributed by atoms with Gasteiger partial charge in [0.1, 0.15) is 6.17 Å². The molecule has 0 N–H and O–H groups in total. The van der Waals surface area contributed by atoms with Crippen LogP contribution in [0.15, 0.2) is 0 Å². The molecule has 0 aliphatic carbocycles. The molecule has 2 atom stereocenters. The molecule has 3 heteroatoms. The largest absolute Gasteiger partial charge is 0.377 e. The van der Waals surface area contributed by atoms with Gasteiger partial charge in [-0.1, -0.05) is 0 Å². The average Bonchev–Trinajstić information content (AvgIpc) is 2.26. The van der Waals surface area contributed by atoms with E-state index in [1.54, 1.807) is 0 Å². The van der Waals surface area contributed by atoms with Gasteiger partial charge in [0.05, 0.1) is 12.7 Å². The molecule has 0 aromatic rings. The zero-order valence-electron chi connectivity index (χ0n) is 8.09. The predicted molar refractivity (Wildman–Crippen MR) is 47.0 cm³/mol. The fraction of sp³-hybridized carbons (Fsp3) is 1.00. The highest BCUT2D eigenvalue weighted by atomic mass is 19.1. The second-order valence-electron chi connectivity index (χ2n) is 3.81. The third kappa shape index (κ3) is 2.72. The third-order valence-corrected chi connectivity index (χ3v) is 2.26. The van der Waals surface area contributed by atoms with Crippen LogP contribution in [0.3, 0.4) is 0 Å². The second-order valence-corrected chi connectivity index (χ2v) is 3.81. The number of alkyl halides is 1. The van der Waals surface area contributed by atoms with E-state index in [-0.39, 0.29) is 12.1 Å². The summed E-state index contributed by atoms with van der Waals surface area (Å²) >= 11 is 0. The molecule has 0 spiro atoms. The van der Waals surface area contributed by atoms with E-state index in [9.17, 15) is 4.39 Å². The smallest absolute Gasteiger partial charge is 0.114 e. The summed E-state index contributed by atoms with van der Waals surface area (Å²) in [7, 11) is 1.95. The zero-order valence-corrected chi connectivity index (χ0v) is 8.09. The third-order valence-electron chi connectivity index (χ3n) is 2.26. The Morgan fingerprint density at radius 2 is 2.25 bits per heavy atom. The van der Waals surface area contributed by atoms with Crippen LogP contribution in [0.1, 0.15) is 20.3 Å². The molecule has 0 aromatic carbocycles. The Bertz CT molecular complexity index is 140. The van der Waals surface area contributed by atoms with Crippen molar-refractivity contribution in [1.82, 2.24) is 4.90 Å². The lowest BCUT2D eigenvalue weighted by Crippen LogP contribution is -2.30. The molecule has 0 aromatic heterocycles. The van der Waals surface area contributed by atoms with Crippen LogP contribution in [0.5, 0.6) is 0 Å². The Morgan fingerprint density at radius 1 is 1.58 bits per heavy atom. The van der Waals surface area contributed by atoms with Crippen molar-refractivity contribution in [2.75, 3.05) is 20.2 Å². The summed E-state index contributed by atoms with van der Waals surface area (Å²) in [4.78, 5) is 2.03. The minimum absolute atomic E-state index is 0.247. The molecular weight excluding hydrogens is 157 g/mol. The van der Waals surface area contributed by atoms with Crippen molar-refractivity contribution < 1.29 is 9.13 Å². The summed E-state index contributed by atoms with van der Waals surface area (Å²) in [6, 6.07) is 0.280. The highest BCUT2D eigenvalue weighted by Crippen LogP contribution is 2.18. The Labute approximate surface area is 73.7 Å². The molecule has 2 nitrogen and oxygen atoms in total. The van der Waals surface area contributed by atoms with Gasteiger partial charge in [-0.2, -0.15) is 0 Å². The molecule has 1 rings (SSSR count).